The van der Waals surface area contributed by atoms with E-state index in [-0.39, 0.29) is 20.1 Å². The van der Waals surface area contributed by atoms with E-state index in [2.05, 4.69) is 11.1 Å². The van der Waals surface area contributed by atoms with Crippen LogP contribution in [0.25, 0.3) is 0 Å². The highest BCUT2D eigenvalue weighted by molar-refractivity contribution is 7.97. The maximum absolute atomic E-state index is 14.3. The van der Waals surface area contributed by atoms with Crippen LogP contribution in [0.2, 0.25) is 0 Å². The number of thiazole rings is 1. The molecular weight excluding hydrogens is 664 g/mol. The number of sulfone groups is 2. The molecule has 6 rings (SSSR count). The zero-order chi connectivity index (χ0) is 33.2. The Morgan fingerprint density at radius 1 is 0.596 bits per heavy atom. The third-order valence-electron chi connectivity index (χ3n) is 7.80. The Kier molecular flexibility index (Phi) is 8.88. The van der Waals surface area contributed by atoms with Gasteiger partial charge in [-0.1, -0.05) is 138 Å². The topological polar surface area (TPSA) is 105 Å². The van der Waals surface area contributed by atoms with Gasteiger partial charge in [0.1, 0.15) is 11.1 Å². The van der Waals surface area contributed by atoms with Gasteiger partial charge in [0, 0.05) is 0 Å². The molecule has 47 heavy (non-hydrogen) atoms. The van der Waals surface area contributed by atoms with E-state index in [4.69, 9.17) is 0 Å². The predicted octanol–water partition coefficient (Wildman–Crippen LogP) is 6.46. The summed E-state index contributed by atoms with van der Waals surface area (Å²) < 4.78 is 56.7. The van der Waals surface area contributed by atoms with Gasteiger partial charge in [0.2, 0.25) is 19.7 Å². The van der Waals surface area contributed by atoms with Crippen LogP contribution in [0, 0.1) is 25.2 Å². The molecule has 0 spiro atoms. The van der Waals surface area contributed by atoms with Crippen LogP contribution in [0.15, 0.2) is 159 Å². The number of benzene rings is 5. The lowest BCUT2D eigenvalue weighted by Gasteiger charge is -2.29. The first-order chi connectivity index (χ1) is 22.6. The quantitative estimate of drug-likeness (QED) is 0.170. The highest BCUT2D eigenvalue weighted by Gasteiger charge is 2.38. The van der Waals surface area contributed by atoms with Crippen LogP contribution in [0.4, 0.5) is 0 Å². The molecule has 1 aromatic heterocycles. The van der Waals surface area contributed by atoms with Gasteiger partial charge in [-0.15, -0.1) is 0 Å². The molecule has 0 aliphatic heterocycles. The molecule has 10 heteroatoms. The first-order valence-corrected chi connectivity index (χ1v) is 20.2. The van der Waals surface area contributed by atoms with Gasteiger partial charge < -0.3 is 0 Å². The van der Waals surface area contributed by atoms with Crippen LogP contribution in [-0.4, -0.2) is 27.1 Å². The van der Waals surface area contributed by atoms with Gasteiger partial charge in [0.05, 0.1) is 15.1 Å². The van der Waals surface area contributed by atoms with Crippen LogP contribution in [0.3, 0.4) is 0 Å². The van der Waals surface area contributed by atoms with Crippen molar-refractivity contribution >= 4 is 59.1 Å². The van der Waals surface area contributed by atoms with Gasteiger partial charge in [0.25, 0.3) is 0 Å². The van der Waals surface area contributed by atoms with Crippen molar-refractivity contribution in [3.05, 3.63) is 156 Å². The maximum atomic E-state index is 14.3. The van der Waals surface area contributed by atoms with Gasteiger partial charge in [-0.25, -0.2) is 21.8 Å². The Morgan fingerprint density at radius 2 is 0.979 bits per heavy atom. The molecule has 0 saturated heterocycles. The first-order valence-electron chi connectivity index (χ1n) is 14.6. The van der Waals surface area contributed by atoms with Crippen molar-refractivity contribution in [2.75, 3.05) is 0 Å². The van der Waals surface area contributed by atoms with Crippen molar-refractivity contribution in [1.82, 2.24) is 4.98 Å². The van der Waals surface area contributed by atoms with E-state index in [0.29, 0.717) is 0 Å². The van der Waals surface area contributed by atoms with E-state index in [9.17, 15) is 22.1 Å². The molecule has 0 aliphatic carbocycles. The molecule has 234 valence electrons. The first kappa shape index (κ1) is 32.4. The minimum absolute atomic E-state index is 0.0359. The fourth-order valence-electron chi connectivity index (χ4n) is 5.44. The molecule has 0 fully saturated rings. The van der Waals surface area contributed by atoms with Crippen LogP contribution < -0.4 is 15.9 Å². The molecule has 0 saturated carbocycles. The van der Waals surface area contributed by atoms with Gasteiger partial charge in [0.15, 0.2) is 9.24 Å². The molecule has 0 amide bonds. The number of hydrogen-bond acceptors (Lipinski definition) is 7. The molecule has 0 atom stereocenters. The van der Waals surface area contributed by atoms with Crippen LogP contribution in [0.1, 0.15) is 16.1 Å². The Hall–Kier alpha value is -4.58. The molecule has 0 radical (unpaired) electrons. The Morgan fingerprint density at radius 3 is 1.36 bits per heavy atom. The summed E-state index contributed by atoms with van der Waals surface area (Å²) in [4.78, 5) is 4.47. The van der Waals surface area contributed by atoms with E-state index in [1.807, 2.05) is 105 Å². The fraction of sp³-hybridized carbons (Fsp3) is 0.0541. The summed E-state index contributed by atoms with van der Waals surface area (Å²) in [7, 11) is -8.82. The zero-order valence-electron chi connectivity index (χ0n) is 25.5. The van der Waals surface area contributed by atoms with Gasteiger partial charge in [-0.3, -0.25) is 0 Å². The van der Waals surface area contributed by atoms with Crippen molar-refractivity contribution in [1.29, 1.82) is 5.26 Å². The standard InChI is InChI=1S/C37H29N2O4PS3/c1-27-18-22-32(23-19-27)46(40,41)36-37(47(42,43)33-24-20-28(2)21-25-33)45-35(39-36)34(26-38)44(29-12-6-3-7-13-29,30-14-8-4-9-15-30)31-16-10-5-11-17-31/h3-25H,1-2H3. The molecule has 0 N–H and O–H groups in total. The Labute approximate surface area is 279 Å². The lowest BCUT2D eigenvalue weighted by atomic mass is 10.2. The van der Waals surface area contributed by atoms with Crippen molar-refractivity contribution < 1.29 is 16.8 Å². The number of aromatic nitrogens is 1. The minimum atomic E-state index is -4.44. The third-order valence-corrected chi connectivity index (χ3v) is 17.5. The number of aryl methyl sites for hydroxylation is 2. The summed E-state index contributed by atoms with van der Waals surface area (Å²) in [5, 5.41) is 13.3. The molecule has 0 bridgehead atoms. The summed E-state index contributed by atoms with van der Waals surface area (Å²) in [5.41, 5.74) is 1.70. The smallest absolute Gasteiger partial charge is 0.222 e. The van der Waals surface area contributed by atoms with Crippen LogP contribution in [-0.2, 0) is 19.7 Å². The maximum Gasteiger partial charge on any atom is 0.226 e. The summed E-state index contributed by atoms with van der Waals surface area (Å²) in [6, 6.07) is 43.6. The number of hydrogen-bond donors (Lipinski definition) is 0. The van der Waals surface area contributed by atoms with Gasteiger partial charge >= 0.3 is 0 Å². The molecule has 1 heterocycles. The predicted molar refractivity (Wildman–Crippen MR) is 190 cm³/mol. The number of nitrogens with zero attached hydrogens (tertiary/aromatic N) is 2. The van der Waals surface area contributed by atoms with Crippen molar-refractivity contribution in [3.8, 4) is 6.07 Å². The Bertz CT molecular complexity index is 2190. The number of nitriles is 1. The van der Waals surface area contributed by atoms with E-state index in [0.717, 1.165) is 38.4 Å². The van der Waals surface area contributed by atoms with Gasteiger partial charge in [-0.05, 0) is 60.9 Å². The zero-order valence-corrected chi connectivity index (χ0v) is 28.8. The molecule has 0 aliphatic rings. The van der Waals surface area contributed by atoms with E-state index in [1.165, 1.54) is 24.3 Å². The average Bonchev–Trinajstić information content (AvgIpc) is 3.56. The summed E-state index contributed by atoms with van der Waals surface area (Å²) >= 11 is 0.724. The lowest BCUT2D eigenvalue weighted by Crippen LogP contribution is -2.30. The molecule has 6 aromatic rings. The van der Waals surface area contributed by atoms with E-state index >= 15 is 0 Å². The second-order valence-electron chi connectivity index (χ2n) is 10.9. The highest BCUT2D eigenvalue weighted by atomic mass is 32.2. The lowest BCUT2D eigenvalue weighted by molar-refractivity contribution is 0.581. The average molecular weight is 693 g/mol. The summed E-state index contributed by atoms with van der Waals surface area (Å²) in [5.74, 6) is 0. The second kappa shape index (κ2) is 12.9. The summed E-state index contributed by atoms with van der Waals surface area (Å²) in [6.07, 6.45) is 0. The summed E-state index contributed by atoms with van der Waals surface area (Å²) in [6.45, 7) is 0.629. The fourth-order valence-corrected chi connectivity index (χ4v) is 14.9. The van der Waals surface area contributed by atoms with Crippen molar-refractivity contribution in [3.63, 3.8) is 0 Å². The second-order valence-corrected chi connectivity index (χ2v) is 19.2. The highest BCUT2D eigenvalue weighted by Crippen LogP contribution is 2.49. The molecule has 0 unspecified atom stereocenters. The van der Waals surface area contributed by atoms with Crippen molar-refractivity contribution in [2.24, 2.45) is 0 Å². The normalized spacial score (nSPS) is 11.9. The monoisotopic (exact) mass is 692 g/mol. The van der Waals surface area contributed by atoms with E-state index in [1.54, 1.807) is 24.3 Å². The van der Waals surface area contributed by atoms with Gasteiger partial charge in [-0.2, -0.15) is 5.26 Å². The molecule has 6 nitrogen and oxygen atoms in total. The van der Waals surface area contributed by atoms with E-state index < -0.39 is 35.8 Å². The third kappa shape index (κ3) is 5.79. The number of rotatable bonds is 8. The van der Waals surface area contributed by atoms with Crippen molar-refractivity contribution in [2.45, 2.75) is 32.9 Å². The minimum Gasteiger partial charge on any atom is -0.222 e. The SMILES string of the molecule is Cc1ccc(S(=O)(=O)c2nc(C(C#N)=P(c3ccccc3)(c3ccccc3)c3ccccc3)sc2S(=O)(=O)c2ccc(C)cc2)cc1. The molecule has 5 aromatic carbocycles. The largest absolute Gasteiger partial charge is 0.226 e. The molecular formula is C37H29N2O4PS3. The van der Waals surface area contributed by atoms with Crippen LogP contribution in [0.5, 0.6) is 0 Å². The van der Waals surface area contributed by atoms with Crippen LogP contribution >= 0.6 is 18.2 Å². The Balaban J connectivity index is 1.79.